The molecule has 2 aliphatic heterocycles. The molecule has 0 atom stereocenters. The van der Waals surface area contributed by atoms with Crippen molar-refractivity contribution in [2.24, 2.45) is 5.92 Å². The molecule has 2 amide bonds. The Balaban J connectivity index is 1.60. The first-order valence-corrected chi connectivity index (χ1v) is 8.60. The van der Waals surface area contributed by atoms with E-state index < -0.39 is 11.9 Å². The summed E-state index contributed by atoms with van der Waals surface area (Å²) in [5, 5.41) is 9.29. The van der Waals surface area contributed by atoms with Crippen LogP contribution in [0.15, 0.2) is 12.1 Å². The molecule has 0 spiro atoms. The summed E-state index contributed by atoms with van der Waals surface area (Å²) in [5.41, 5.74) is 0.305. The van der Waals surface area contributed by atoms with Gasteiger partial charge in [-0.15, -0.1) is 0 Å². The predicted molar refractivity (Wildman–Crippen MR) is 91.5 cm³/mol. The molecule has 2 heterocycles. The fourth-order valence-electron chi connectivity index (χ4n) is 3.06. The van der Waals surface area contributed by atoms with E-state index in [4.69, 9.17) is 26.2 Å². The van der Waals surface area contributed by atoms with E-state index in [1.54, 1.807) is 4.90 Å². The number of carboxylic acids is 1. The number of amides is 2. The number of benzene rings is 1. The minimum absolute atomic E-state index is 0.0489. The Bertz CT molecular complexity index is 745. The molecule has 2 aliphatic rings. The first kappa shape index (κ1) is 18.3. The molecule has 0 unspecified atom stereocenters. The van der Waals surface area contributed by atoms with Crippen molar-refractivity contribution in [3.05, 3.63) is 22.7 Å². The molecule has 1 saturated heterocycles. The van der Waals surface area contributed by atoms with Crippen LogP contribution in [0.4, 0.5) is 0 Å². The van der Waals surface area contributed by atoms with Gasteiger partial charge in [-0.1, -0.05) is 11.6 Å². The maximum absolute atomic E-state index is 12.6. The largest absolute Gasteiger partial charge is 0.481 e. The number of piperidine rings is 1. The Morgan fingerprint density at radius 1 is 1.27 bits per heavy atom. The average Bonchev–Trinajstić information content (AvgIpc) is 3.10. The molecular formula is C17H19ClN2O6. The fraction of sp³-hybridized carbons (Fsp3) is 0.471. The summed E-state index contributed by atoms with van der Waals surface area (Å²) in [6, 6.07) is 3.02. The number of likely N-dealkylation sites (tertiary alicyclic amines) is 1. The van der Waals surface area contributed by atoms with Gasteiger partial charge in [-0.2, -0.15) is 0 Å². The van der Waals surface area contributed by atoms with Gasteiger partial charge in [-0.25, -0.2) is 0 Å². The maximum Gasteiger partial charge on any atom is 0.306 e. The van der Waals surface area contributed by atoms with Gasteiger partial charge in [0.2, 0.25) is 12.7 Å². The van der Waals surface area contributed by atoms with E-state index in [2.05, 4.69) is 0 Å². The van der Waals surface area contributed by atoms with Crippen LogP contribution >= 0.6 is 11.6 Å². The summed E-state index contributed by atoms with van der Waals surface area (Å²) in [6.07, 6.45) is 0.854. The van der Waals surface area contributed by atoms with Crippen molar-refractivity contribution < 1.29 is 29.0 Å². The van der Waals surface area contributed by atoms with Gasteiger partial charge in [0.05, 0.1) is 17.5 Å². The van der Waals surface area contributed by atoms with Gasteiger partial charge >= 0.3 is 5.97 Å². The van der Waals surface area contributed by atoms with Crippen molar-refractivity contribution in [2.75, 3.05) is 33.5 Å². The number of aliphatic carboxylic acids is 1. The third-order valence-electron chi connectivity index (χ3n) is 4.59. The van der Waals surface area contributed by atoms with Crippen LogP contribution in [-0.4, -0.2) is 66.2 Å². The molecule has 0 aliphatic carbocycles. The van der Waals surface area contributed by atoms with Crippen LogP contribution < -0.4 is 9.47 Å². The molecule has 1 aromatic rings. The van der Waals surface area contributed by atoms with Crippen molar-refractivity contribution in [3.63, 3.8) is 0 Å². The fourth-order valence-corrected chi connectivity index (χ4v) is 3.33. The number of hydrogen-bond donors (Lipinski definition) is 1. The number of carbonyl (C=O) groups is 3. The lowest BCUT2D eigenvalue weighted by atomic mass is 9.97. The lowest BCUT2D eigenvalue weighted by Crippen LogP contribution is -2.45. The van der Waals surface area contributed by atoms with E-state index in [0.717, 1.165) is 0 Å². The molecule has 1 N–H and O–H groups in total. The number of rotatable bonds is 4. The molecule has 0 saturated carbocycles. The summed E-state index contributed by atoms with van der Waals surface area (Å²) in [7, 11) is 1.53. The van der Waals surface area contributed by atoms with Gasteiger partial charge in [0.1, 0.15) is 0 Å². The third-order valence-corrected chi connectivity index (χ3v) is 4.87. The van der Waals surface area contributed by atoms with Gasteiger partial charge in [0, 0.05) is 25.7 Å². The van der Waals surface area contributed by atoms with Crippen LogP contribution in [0.2, 0.25) is 5.02 Å². The van der Waals surface area contributed by atoms with Gasteiger partial charge in [-0.3, -0.25) is 14.4 Å². The number of nitrogens with zero attached hydrogens (tertiary/aromatic N) is 2. The Labute approximate surface area is 155 Å². The molecule has 0 aromatic heterocycles. The zero-order chi connectivity index (χ0) is 18.8. The second-order valence-corrected chi connectivity index (χ2v) is 6.75. The van der Waals surface area contributed by atoms with Crippen molar-refractivity contribution >= 4 is 29.4 Å². The highest BCUT2D eigenvalue weighted by Gasteiger charge is 2.28. The highest BCUT2D eigenvalue weighted by molar-refractivity contribution is 6.32. The summed E-state index contributed by atoms with van der Waals surface area (Å²) in [4.78, 5) is 38.8. The molecule has 0 radical (unpaired) electrons. The van der Waals surface area contributed by atoms with E-state index >= 15 is 0 Å². The van der Waals surface area contributed by atoms with Gasteiger partial charge in [0.15, 0.2) is 11.5 Å². The number of fused-ring (bicyclic) bond motifs is 1. The van der Waals surface area contributed by atoms with Crippen molar-refractivity contribution in [2.45, 2.75) is 12.8 Å². The van der Waals surface area contributed by atoms with Crippen LogP contribution in [0.25, 0.3) is 0 Å². The minimum atomic E-state index is -0.830. The van der Waals surface area contributed by atoms with Crippen LogP contribution in [0.5, 0.6) is 11.5 Å². The SMILES string of the molecule is CN(CC(=O)N1CCC(C(=O)O)CC1)C(=O)c1cc(Cl)c2c(c1)OCO2. The van der Waals surface area contributed by atoms with E-state index in [9.17, 15) is 14.4 Å². The van der Waals surface area contributed by atoms with E-state index in [1.807, 2.05) is 0 Å². The second kappa shape index (κ2) is 7.41. The Hall–Kier alpha value is -2.48. The predicted octanol–water partition coefficient (Wildman–Crippen LogP) is 1.46. The molecule has 1 aromatic carbocycles. The van der Waals surface area contributed by atoms with E-state index in [0.29, 0.717) is 43.0 Å². The van der Waals surface area contributed by atoms with E-state index in [-0.39, 0.29) is 30.2 Å². The number of carboxylic acid groups (broad SMARTS) is 1. The Morgan fingerprint density at radius 2 is 1.96 bits per heavy atom. The lowest BCUT2D eigenvalue weighted by Gasteiger charge is -2.31. The number of ether oxygens (including phenoxy) is 2. The normalized spacial score (nSPS) is 16.5. The Morgan fingerprint density at radius 3 is 2.62 bits per heavy atom. The van der Waals surface area contributed by atoms with Crippen LogP contribution in [-0.2, 0) is 9.59 Å². The van der Waals surface area contributed by atoms with Gasteiger partial charge in [-0.05, 0) is 25.0 Å². The van der Waals surface area contributed by atoms with Crippen molar-refractivity contribution in [1.29, 1.82) is 0 Å². The minimum Gasteiger partial charge on any atom is -0.481 e. The summed E-state index contributed by atoms with van der Waals surface area (Å²) in [5.74, 6) is -1.01. The van der Waals surface area contributed by atoms with Crippen molar-refractivity contribution in [1.82, 2.24) is 9.80 Å². The summed E-state index contributed by atoms with van der Waals surface area (Å²) < 4.78 is 10.5. The van der Waals surface area contributed by atoms with E-state index in [1.165, 1.54) is 24.1 Å². The molecule has 26 heavy (non-hydrogen) atoms. The first-order chi connectivity index (χ1) is 12.4. The zero-order valence-electron chi connectivity index (χ0n) is 14.2. The van der Waals surface area contributed by atoms with Gasteiger partial charge < -0.3 is 24.4 Å². The average molecular weight is 383 g/mol. The van der Waals surface area contributed by atoms with Crippen LogP contribution in [0.1, 0.15) is 23.2 Å². The molecule has 3 rings (SSSR count). The monoisotopic (exact) mass is 382 g/mol. The second-order valence-electron chi connectivity index (χ2n) is 6.35. The third kappa shape index (κ3) is 3.70. The lowest BCUT2D eigenvalue weighted by molar-refractivity contribution is -0.145. The highest BCUT2D eigenvalue weighted by atomic mass is 35.5. The standard InChI is InChI=1S/C17H19ClN2O6/c1-19(8-14(21)20-4-2-10(3-5-20)17(23)24)16(22)11-6-12(18)15-13(7-11)25-9-26-15/h6-7,10H,2-5,8-9H2,1H3,(H,23,24). The smallest absolute Gasteiger partial charge is 0.306 e. The maximum atomic E-state index is 12.6. The van der Waals surface area contributed by atoms with Crippen LogP contribution in [0, 0.1) is 5.92 Å². The number of halogens is 1. The number of hydrogen-bond acceptors (Lipinski definition) is 5. The Kier molecular flexibility index (Phi) is 5.22. The van der Waals surface area contributed by atoms with Crippen molar-refractivity contribution in [3.8, 4) is 11.5 Å². The molecule has 8 nitrogen and oxygen atoms in total. The highest BCUT2D eigenvalue weighted by Crippen LogP contribution is 2.40. The molecular weight excluding hydrogens is 364 g/mol. The molecule has 0 bridgehead atoms. The number of carbonyl (C=O) groups excluding carboxylic acids is 2. The first-order valence-electron chi connectivity index (χ1n) is 8.22. The molecule has 9 heteroatoms. The van der Waals surface area contributed by atoms with Crippen LogP contribution in [0.3, 0.4) is 0 Å². The molecule has 1 fully saturated rings. The summed E-state index contributed by atoms with van der Waals surface area (Å²) in [6.45, 7) is 0.720. The molecule has 140 valence electrons. The topological polar surface area (TPSA) is 96.4 Å². The zero-order valence-corrected chi connectivity index (χ0v) is 15.0. The summed E-state index contributed by atoms with van der Waals surface area (Å²) >= 11 is 6.09. The van der Waals surface area contributed by atoms with Gasteiger partial charge in [0.25, 0.3) is 5.91 Å². The number of likely N-dealkylation sites (N-methyl/N-ethyl adjacent to an activating group) is 1. The quantitative estimate of drug-likeness (QED) is 0.847.